The zero-order valence-corrected chi connectivity index (χ0v) is 19.4. The van der Waals surface area contributed by atoms with Crippen LogP contribution in [0.25, 0.3) is 0 Å². The molecule has 34 heavy (non-hydrogen) atoms. The highest BCUT2D eigenvalue weighted by atomic mass is 35.5. The van der Waals surface area contributed by atoms with E-state index < -0.39 is 16.6 Å². The van der Waals surface area contributed by atoms with Gasteiger partial charge in [-0.3, -0.25) is 9.59 Å². The summed E-state index contributed by atoms with van der Waals surface area (Å²) in [6, 6.07) is 5.55. The van der Waals surface area contributed by atoms with Crippen LogP contribution in [-0.4, -0.2) is 56.4 Å². The van der Waals surface area contributed by atoms with Crippen LogP contribution >= 0.6 is 11.6 Å². The highest BCUT2D eigenvalue weighted by molar-refractivity contribution is 6.33. The van der Waals surface area contributed by atoms with Gasteiger partial charge < -0.3 is 30.0 Å². The van der Waals surface area contributed by atoms with Crippen LogP contribution in [0.5, 0.6) is 5.75 Å². The maximum absolute atomic E-state index is 12.2. The molecule has 0 atom stereocenters. The smallest absolute Gasteiger partial charge is 0.408 e. The lowest BCUT2D eigenvalue weighted by molar-refractivity contribution is -0.389. The van der Waals surface area contributed by atoms with Crippen molar-refractivity contribution in [1.82, 2.24) is 30.6 Å². The van der Waals surface area contributed by atoms with Crippen molar-refractivity contribution in [3.8, 4) is 5.75 Å². The Labute approximate surface area is 198 Å². The Morgan fingerprint density at radius 2 is 1.94 bits per heavy atom. The molecule has 1 aromatic carbocycles. The molecule has 14 heteroatoms. The molecule has 0 spiro atoms. The van der Waals surface area contributed by atoms with Crippen molar-refractivity contribution in [3.05, 3.63) is 61.9 Å². The van der Waals surface area contributed by atoms with Crippen LogP contribution in [0.3, 0.4) is 0 Å². The van der Waals surface area contributed by atoms with Crippen molar-refractivity contribution in [2.45, 2.75) is 27.3 Å². The Morgan fingerprint density at radius 3 is 2.62 bits per heavy atom. The Kier molecular flexibility index (Phi) is 7.79. The quantitative estimate of drug-likeness (QED) is 0.243. The molecule has 2 heterocycles. The third-order valence-corrected chi connectivity index (χ3v) is 5.27. The summed E-state index contributed by atoms with van der Waals surface area (Å²) < 4.78 is 11.6. The van der Waals surface area contributed by atoms with E-state index in [2.05, 4.69) is 25.9 Å². The minimum atomic E-state index is -0.699. The largest absolute Gasteiger partial charge is 0.484 e. The average Bonchev–Trinajstić information content (AvgIpc) is 3.38. The molecule has 0 saturated heterocycles. The van der Waals surface area contributed by atoms with E-state index in [0.29, 0.717) is 11.4 Å². The number of nitrogens with zero attached hydrogens (tertiary/aromatic N) is 5. The highest BCUT2D eigenvalue weighted by Crippen LogP contribution is 2.26. The Balaban J connectivity index is 1.42. The number of hydrogen-bond acceptors (Lipinski definition) is 9. The van der Waals surface area contributed by atoms with E-state index in [1.807, 2.05) is 26.0 Å². The van der Waals surface area contributed by atoms with Gasteiger partial charge in [-0.05, 0) is 49.0 Å². The number of hydrogen-bond donors (Lipinski definition) is 2. The van der Waals surface area contributed by atoms with E-state index in [-0.39, 0.29) is 48.9 Å². The molecule has 0 aliphatic carbocycles. The molecule has 3 rings (SSSR count). The second-order valence-corrected chi connectivity index (χ2v) is 7.67. The van der Waals surface area contributed by atoms with Gasteiger partial charge in [-0.1, -0.05) is 22.8 Å². The van der Waals surface area contributed by atoms with Crippen LogP contribution in [0, 0.1) is 30.9 Å². The summed E-state index contributed by atoms with van der Waals surface area (Å²) >= 11 is 5.90. The first-order chi connectivity index (χ1) is 16.2. The first-order valence-electron chi connectivity index (χ1n) is 10.1. The molecular weight excluding hydrogens is 470 g/mol. The molecule has 3 aromatic rings. The Morgan fingerprint density at radius 1 is 1.21 bits per heavy atom. The van der Waals surface area contributed by atoms with Gasteiger partial charge in [-0.15, -0.1) is 0 Å². The van der Waals surface area contributed by atoms with E-state index in [1.165, 1.54) is 4.68 Å². The first kappa shape index (κ1) is 24.6. The molecule has 0 bridgehead atoms. The van der Waals surface area contributed by atoms with Gasteiger partial charge in [0.05, 0.1) is 10.8 Å². The van der Waals surface area contributed by atoms with Crippen LogP contribution in [0.1, 0.15) is 33.3 Å². The van der Waals surface area contributed by atoms with Crippen LogP contribution < -0.4 is 15.4 Å². The van der Waals surface area contributed by atoms with Crippen molar-refractivity contribution in [2.24, 2.45) is 0 Å². The summed E-state index contributed by atoms with van der Waals surface area (Å²) in [5.74, 6) is -1.08. The van der Waals surface area contributed by atoms with E-state index in [1.54, 1.807) is 13.0 Å². The standard InChI is InChI=1S/C20H22ClN7O6/c1-11-4-5-14(8-12(11)2)33-10-16(29)22-6-7-23-19(30)20-24-15(26-34-20)9-27-13(3)17(21)18(25-27)28(31)32/h4-5,8H,6-7,9-10H2,1-3H3,(H,22,29)(H,23,30). The zero-order valence-electron chi connectivity index (χ0n) is 18.6. The third kappa shape index (κ3) is 6.07. The predicted octanol–water partition coefficient (Wildman–Crippen LogP) is 1.73. The van der Waals surface area contributed by atoms with E-state index in [9.17, 15) is 19.7 Å². The summed E-state index contributed by atoms with van der Waals surface area (Å²) in [6.45, 7) is 5.54. The van der Waals surface area contributed by atoms with Crippen LogP contribution in [-0.2, 0) is 11.3 Å². The van der Waals surface area contributed by atoms with Gasteiger partial charge in [0.15, 0.2) is 17.5 Å². The van der Waals surface area contributed by atoms with Gasteiger partial charge >= 0.3 is 17.6 Å². The first-order valence-corrected chi connectivity index (χ1v) is 10.5. The lowest BCUT2D eigenvalue weighted by atomic mass is 10.1. The van der Waals surface area contributed by atoms with Gasteiger partial charge in [-0.25, -0.2) is 0 Å². The number of nitro groups is 1. The maximum atomic E-state index is 12.2. The molecule has 2 N–H and O–H groups in total. The number of ether oxygens (including phenoxy) is 1. The monoisotopic (exact) mass is 491 g/mol. The number of nitrogens with one attached hydrogen (secondary N) is 2. The molecule has 0 aliphatic heterocycles. The lowest BCUT2D eigenvalue weighted by Crippen LogP contribution is -2.36. The topological polar surface area (TPSA) is 167 Å². The van der Waals surface area contributed by atoms with Crippen LogP contribution in [0.2, 0.25) is 5.02 Å². The minimum absolute atomic E-state index is 0.0766. The molecular formula is C20H22ClN7O6. The Bertz CT molecular complexity index is 1220. The number of benzene rings is 1. The maximum Gasteiger partial charge on any atom is 0.408 e. The van der Waals surface area contributed by atoms with Crippen LogP contribution in [0.15, 0.2) is 22.7 Å². The number of aromatic nitrogens is 4. The number of aryl methyl sites for hydroxylation is 2. The number of rotatable bonds is 10. The normalized spacial score (nSPS) is 10.7. The third-order valence-electron chi connectivity index (χ3n) is 4.82. The summed E-state index contributed by atoms with van der Waals surface area (Å²) in [6.07, 6.45) is 0. The Hall–Kier alpha value is -4.00. The van der Waals surface area contributed by atoms with E-state index in [0.717, 1.165) is 11.1 Å². The van der Waals surface area contributed by atoms with Gasteiger partial charge in [0.1, 0.15) is 12.3 Å². The number of halogens is 1. The SMILES string of the molecule is Cc1ccc(OCC(=O)NCCNC(=O)c2nc(Cn3nc([N+](=O)[O-])c(Cl)c3C)no2)cc1C. The van der Waals surface area contributed by atoms with Crippen molar-refractivity contribution < 1.29 is 23.8 Å². The molecule has 2 aromatic heterocycles. The highest BCUT2D eigenvalue weighted by Gasteiger charge is 2.25. The van der Waals surface area contributed by atoms with Crippen molar-refractivity contribution in [3.63, 3.8) is 0 Å². The van der Waals surface area contributed by atoms with Crippen molar-refractivity contribution >= 4 is 29.2 Å². The zero-order chi connectivity index (χ0) is 24.8. The summed E-state index contributed by atoms with van der Waals surface area (Å²) in [7, 11) is 0. The molecule has 0 aliphatic rings. The van der Waals surface area contributed by atoms with Gasteiger partial charge in [0.25, 0.3) is 5.91 Å². The van der Waals surface area contributed by atoms with Crippen molar-refractivity contribution in [2.75, 3.05) is 19.7 Å². The fourth-order valence-corrected chi connectivity index (χ4v) is 2.98. The molecule has 0 radical (unpaired) electrons. The minimum Gasteiger partial charge on any atom is -0.484 e. The molecule has 0 fully saturated rings. The number of carbonyl (C=O) groups is 2. The number of carbonyl (C=O) groups excluding carboxylic acids is 2. The second kappa shape index (κ2) is 10.7. The molecule has 0 unspecified atom stereocenters. The van der Waals surface area contributed by atoms with Gasteiger partial charge in [0, 0.05) is 13.1 Å². The summed E-state index contributed by atoms with van der Waals surface area (Å²) in [5, 5.41) is 23.5. The fraction of sp³-hybridized carbons (Fsp3) is 0.350. The van der Waals surface area contributed by atoms with Gasteiger partial charge in [0.2, 0.25) is 0 Å². The molecule has 0 saturated carbocycles. The van der Waals surface area contributed by atoms with E-state index in [4.69, 9.17) is 20.9 Å². The van der Waals surface area contributed by atoms with E-state index >= 15 is 0 Å². The van der Waals surface area contributed by atoms with Crippen LogP contribution in [0.4, 0.5) is 5.82 Å². The second-order valence-electron chi connectivity index (χ2n) is 7.29. The van der Waals surface area contributed by atoms with Gasteiger partial charge in [-0.2, -0.15) is 9.67 Å². The average molecular weight is 492 g/mol. The lowest BCUT2D eigenvalue weighted by Gasteiger charge is -2.09. The fourth-order valence-electron chi connectivity index (χ4n) is 2.78. The number of amides is 2. The molecule has 2 amide bonds. The predicted molar refractivity (Wildman–Crippen MR) is 119 cm³/mol. The van der Waals surface area contributed by atoms with Crippen molar-refractivity contribution in [1.29, 1.82) is 0 Å². The summed E-state index contributed by atoms with van der Waals surface area (Å²) in [5.41, 5.74) is 2.54. The molecule has 13 nitrogen and oxygen atoms in total. The summed E-state index contributed by atoms with van der Waals surface area (Å²) in [4.78, 5) is 38.3. The molecule has 180 valence electrons.